The van der Waals surface area contributed by atoms with Gasteiger partial charge in [0.2, 0.25) is 11.8 Å². The minimum absolute atomic E-state index is 0.0197. The van der Waals surface area contributed by atoms with E-state index < -0.39 is 6.04 Å². The van der Waals surface area contributed by atoms with Gasteiger partial charge < -0.3 is 11.1 Å². The average Bonchev–Trinajstić information content (AvgIpc) is 2.64. The molecule has 3 N–H and O–H groups in total. The van der Waals surface area contributed by atoms with Crippen molar-refractivity contribution in [1.82, 2.24) is 9.88 Å². The summed E-state index contributed by atoms with van der Waals surface area (Å²) in [6, 6.07) is 14.5. The van der Waals surface area contributed by atoms with Gasteiger partial charge in [0.15, 0.2) is 0 Å². The van der Waals surface area contributed by atoms with Gasteiger partial charge in [-0.25, -0.2) is 4.98 Å². The van der Waals surface area contributed by atoms with Crippen molar-refractivity contribution >= 4 is 17.6 Å². The highest BCUT2D eigenvalue weighted by Crippen LogP contribution is 2.27. The summed E-state index contributed by atoms with van der Waals surface area (Å²) in [5, 5.41) is 2.85. The number of rotatable bonds is 5. The molecule has 2 aromatic rings. The number of carbonyl (C=O) groups excluding carboxylic acids is 2. The molecule has 0 radical (unpaired) electrons. The number of carbonyl (C=O) groups is 2. The van der Waals surface area contributed by atoms with E-state index in [1.165, 1.54) is 0 Å². The SMILES string of the molecule is NC(=O)C(c1ccccc1)N1CCC(C(=O)Nc2ccccn2)CC1. The van der Waals surface area contributed by atoms with Gasteiger partial charge in [0.25, 0.3) is 0 Å². The van der Waals surface area contributed by atoms with E-state index in [0.29, 0.717) is 31.7 Å². The van der Waals surface area contributed by atoms with E-state index in [1.54, 1.807) is 12.3 Å². The molecule has 1 aliphatic rings. The second-order valence-electron chi connectivity index (χ2n) is 6.23. The van der Waals surface area contributed by atoms with Crippen molar-refractivity contribution in [3.05, 3.63) is 60.3 Å². The zero-order valence-corrected chi connectivity index (χ0v) is 14.0. The molecule has 0 bridgehead atoms. The van der Waals surface area contributed by atoms with Crippen molar-refractivity contribution in [3.63, 3.8) is 0 Å². The number of anilines is 1. The van der Waals surface area contributed by atoms with Crippen LogP contribution in [0.5, 0.6) is 0 Å². The lowest BCUT2D eigenvalue weighted by Crippen LogP contribution is -2.44. The summed E-state index contributed by atoms with van der Waals surface area (Å²) in [5.41, 5.74) is 6.52. The van der Waals surface area contributed by atoms with E-state index >= 15 is 0 Å². The molecule has 130 valence electrons. The van der Waals surface area contributed by atoms with Crippen LogP contribution in [0.15, 0.2) is 54.7 Å². The molecule has 25 heavy (non-hydrogen) atoms. The fourth-order valence-corrected chi connectivity index (χ4v) is 3.28. The number of hydrogen-bond donors (Lipinski definition) is 2. The first kappa shape index (κ1) is 17.1. The Kier molecular flexibility index (Phi) is 5.40. The van der Waals surface area contributed by atoms with Gasteiger partial charge in [0, 0.05) is 12.1 Å². The molecule has 1 atom stereocenters. The van der Waals surface area contributed by atoms with E-state index in [0.717, 1.165) is 5.56 Å². The molecule has 1 aromatic heterocycles. The lowest BCUT2D eigenvalue weighted by molar-refractivity contribution is -0.125. The number of benzene rings is 1. The van der Waals surface area contributed by atoms with E-state index in [9.17, 15) is 9.59 Å². The molecule has 6 nitrogen and oxygen atoms in total. The zero-order valence-electron chi connectivity index (χ0n) is 14.0. The summed E-state index contributed by atoms with van der Waals surface area (Å²) < 4.78 is 0. The van der Waals surface area contributed by atoms with Crippen LogP contribution in [0.2, 0.25) is 0 Å². The molecule has 1 unspecified atom stereocenters. The van der Waals surface area contributed by atoms with Crippen LogP contribution in [0.25, 0.3) is 0 Å². The first-order chi connectivity index (χ1) is 12.1. The van der Waals surface area contributed by atoms with E-state index in [4.69, 9.17) is 5.73 Å². The fourth-order valence-electron chi connectivity index (χ4n) is 3.28. The van der Waals surface area contributed by atoms with Gasteiger partial charge in [-0.2, -0.15) is 0 Å². The molecule has 3 rings (SSSR count). The number of hydrogen-bond acceptors (Lipinski definition) is 4. The Morgan fingerprint density at radius 2 is 1.76 bits per heavy atom. The molecular weight excluding hydrogens is 316 g/mol. The van der Waals surface area contributed by atoms with Crippen molar-refractivity contribution in [2.75, 3.05) is 18.4 Å². The molecular formula is C19H22N4O2. The Hall–Kier alpha value is -2.73. The van der Waals surface area contributed by atoms with Crippen molar-refractivity contribution in [2.24, 2.45) is 11.7 Å². The van der Waals surface area contributed by atoms with Gasteiger partial charge in [-0.3, -0.25) is 14.5 Å². The number of nitrogens with zero attached hydrogens (tertiary/aromatic N) is 2. The lowest BCUT2D eigenvalue weighted by Gasteiger charge is -2.35. The van der Waals surface area contributed by atoms with Gasteiger partial charge in [0.05, 0.1) is 0 Å². The molecule has 0 spiro atoms. The van der Waals surface area contributed by atoms with Crippen LogP contribution in [0.1, 0.15) is 24.4 Å². The number of likely N-dealkylation sites (tertiary alicyclic amines) is 1. The van der Waals surface area contributed by atoms with Crippen LogP contribution in [-0.4, -0.2) is 34.8 Å². The molecule has 1 aromatic carbocycles. The highest BCUT2D eigenvalue weighted by atomic mass is 16.2. The Labute approximate surface area is 147 Å². The third-order valence-corrected chi connectivity index (χ3v) is 4.57. The Morgan fingerprint density at radius 3 is 2.36 bits per heavy atom. The monoisotopic (exact) mass is 338 g/mol. The topological polar surface area (TPSA) is 88.3 Å². The van der Waals surface area contributed by atoms with Crippen LogP contribution in [0.4, 0.5) is 5.82 Å². The first-order valence-electron chi connectivity index (χ1n) is 8.45. The molecule has 0 saturated carbocycles. The van der Waals surface area contributed by atoms with Gasteiger partial charge in [0.1, 0.15) is 11.9 Å². The van der Waals surface area contributed by atoms with Crippen molar-refractivity contribution in [1.29, 1.82) is 0 Å². The maximum Gasteiger partial charge on any atom is 0.239 e. The second-order valence-corrected chi connectivity index (χ2v) is 6.23. The standard InChI is InChI=1S/C19H22N4O2/c20-18(24)17(14-6-2-1-3-7-14)23-12-9-15(10-13-23)19(25)22-16-8-4-5-11-21-16/h1-8,11,15,17H,9-10,12-13H2,(H2,20,24)(H,21,22,25). The summed E-state index contributed by atoms with van der Waals surface area (Å²) >= 11 is 0. The molecule has 1 aliphatic heterocycles. The lowest BCUT2D eigenvalue weighted by atomic mass is 9.93. The number of nitrogens with two attached hydrogens (primary N) is 1. The molecule has 6 heteroatoms. The Morgan fingerprint density at radius 1 is 1.08 bits per heavy atom. The number of pyridine rings is 1. The predicted molar refractivity (Wildman–Crippen MR) is 95.5 cm³/mol. The van der Waals surface area contributed by atoms with E-state index in [-0.39, 0.29) is 17.7 Å². The molecule has 2 heterocycles. The molecule has 2 amide bonds. The smallest absolute Gasteiger partial charge is 0.239 e. The van der Waals surface area contributed by atoms with Crippen LogP contribution in [0, 0.1) is 5.92 Å². The Balaban J connectivity index is 1.60. The quantitative estimate of drug-likeness (QED) is 0.872. The maximum absolute atomic E-state index is 12.4. The highest BCUT2D eigenvalue weighted by molar-refractivity contribution is 5.91. The van der Waals surface area contributed by atoms with Gasteiger partial charge >= 0.3 is 0 Å². The summed E-state index contributed by atoms with van der Waals surface area (Å²) in [7, 11) is 0. The number of amides is 2. The van der Waals surface area contributed by atoms with Crippen molar-refractivity contribution in [2.45, 2.75) is 18.9 Å². The summed E-state index contributed by atoms with van der Waals surface area (Å²) in [6.07, 6.45) is 3.03. The van der Waals surface area contributed by atoms with Crippen molar-refractivity contribution in [3.8, 4) is 0 Å². The predicted octanol–water partition coefficient (Wildman–Crippen LogP) is 1.96. The molecule has 1 fully saturated rings. The van der Waals surface area contributed by atoms with Crippen LogP contribution < -0.4 is 11.1 Å². The number of aromatic nitrogens is 1. The summed E-state index contributed by atoms with van der Waals surface area (Å²) in [4.78, 5) is 30.5. The highest BCUT2D eigenvalue weighted by Gasteiger charge is 2.32. The van der Waals surface area contributed by atoms with Crippen LogP contribution in [-0.2, 0) is 9.59 Å². The fraction of sp³-hybridized carbons (Fsp3) is 0.316. The van der Waals surface area contributed by atoms with Gasteiger partial charge in [-0.05, 0) is 43.6 Å². The minimum Gasteiger partial charge on any atom is -0.368 e. The molecule has 0 aliphatic carbocycles. The van der Waals surface area contributed by atoms with Crippen LogP contribution >= 0.6 is 0 Å². The van der Waals surface area contributed by atoms with E-state index in [2.05, 4.69) is 15.2 Å². The third-order valence-electron chi connectivity index (χ3n) is 4.57. The minimum atomic E-state index is -0.444. The van der Waals surface area contributed by atoms with Crippen LogP contribution in [0.3, 0.4) is 0 Å². The molecule has 1 saturated heterocycles. The summed E-state index contributed by atoms with van der Waals surface area (Å²) in [6.45, 7) is 1.31. The third kappa shape index (κ3) is 4.22. The van der Waals surface area contributed by atoms with Gasteiger partial charge in [-0.1, -0.05) is 36.4 Å². The van der Waals surface area contributed by atoms with Gasteiger partial charge in [-0.15, -0.1) is 0 Å². The normalized spacial score (nSPS) is 17.0. The number of nitrogens with one attached hydrogen (secondary N) is 1. The Bertz CT molecular complexity index is 713. The number of piperidine rings is 1. The number of primary amides is 1. The van der Waals surface area contributed by atoms with E-state index in [1.807, 2.05) is 42.5 Å². The average molecular weight is 338 g/mol. The summed E-state index contributed by atoms with van der Waals surface area (Å²) in [5.74, 6) is 0.105. The maximum atomic E-state index is 12.4. The largest absolute Gasteiger partial charge is 0.368 e. The van der Waals surface area contributed by atoms with Crippen molar-refractivity contribution < 1.29 is 9.59 Å². The first-order valence-corrected chi connectivity index (χ1v) is 8.45. The zero-order chi connectivity index (χ0) is 17.6. The second kappa shape index (κ2) is 7.90.